The van der Waals surface area contributed by atoms with E-state index in [4.69, 9.17) is 11.6 Å². The third-order valence-corrected chi connectivity index (χ3v) is 4.23. The second-order valence-corrected chi connectivity index (χ2v) is 6.17. The van der Waals surface area contributed by atoms with Crippen molar-refractivity contribution in [3.8, 4) is 5.75 Å². The van der Waals surface area contributed by atoms with Gasteiger partial charge in [-0.3, -0.25) is 9.59 Å². The highest BCUT2D eigenvalue weighted by molar-refractivity contribution is 6.32. The van der Waals surface area contributed by atoms with Crippen LogP contribution in [0.5, 0.6) is 5.75 Å². The van der Waals surface area contributed by atoms with E-state index in [-0.39, 0.29) is 28.4 Å². The van der Waals surface area contributed by atoms with Crippen molar-refractivity contribution < 1.29 is 27.9 Å². The number of carbonyl (C=O) groups excluding carboxylic acids is 2. The van der Waals surface area contributed by atoms with Crippen molar-refractivity contribution in [1.29, 1.82) is 0 Å². The van der Waals surface area contributed by atoms with Gasteiger partial charge in [0.25, 0.3) is 5.91 Å². The monoisotopic (exact) mass is 384 g/mol. The maximum atomic E-state index is 12.8. The Bertz CT molecular complexity index is 899. The van der Waals surface area contributed by atoms with E-state index in [0.717, 1.165) is 18.2 Å². The predicted octanol–water partition coefficient (Wildman–Crippen LogP) is 3.36. The quantitative estimate of drug-likeness (QED) is 0.743. The van der Waals surface area contributed by atoms with Crippen molar-refractivity contribution >= 4 is 29.1 Å². The van der Waals surface area contributed by atoms with Gasteiger partial charge in [0.05, 0.1) is 21.8 Å². The van der Waals surface area contributed by atoms with Crippen LogP contribution in [0.1, 0.15) is 21.5 Å². The molecule has 0 bridgehead atoms. The van der Waals surface area contributed by atoms with Gasteiger partial charge in [0.2, 0.25) is 5.91 Å². The van der Waals surface area contributed by atoms with Gasteiger partial charge in [-0.1, -0.05) is 17.7 Å². The zero-order chi connectivity index (χ0) is 19.1. The number of carbonyl (C=O) groups is 2. The largest absolute Gasteiger partial charge is 0.506 e. The van der Waals surface area contributed by atoms with E-state index >= 15 is 0 Å². The van der Waals surface area contributed by atoms with E-state index in [9.17, 15) is 27.9 Å². The zero-order valence-corrected chi connectivity index (χ0v) is 13.8. The number of benzene rings is 2. The average Bonchev–Trinajstić information content (AvgIpc) is 2.67. The number of anilines is 1. The molecular weight excluding hydrogens is 373 g/mol. The minimum absolute atomic E-state index is 0.0533. The molecule has 1 aliphatic rings. The third-order valence-electron chi connectivity index (χ3n) is 3.92. The van der Waals surface area contributed by atoms with Crippen molar-refractivity contribution in [3.63, 3.8) is 0 Å². The Labute approximate surface area is 150 Å². The van der Waals surface area contributed by atoms with Gasteiger partial charge in [0.1, 0.15) is 11.8 Å². The molecule has 0 saturated carbocycles. The van der Waals surface area contributed by atoms with Crippen LogP contribution < -0.4 is 10.6 Å². The number of phenolic OH excluding ortho intramolecular Hbond substituents is 1. The number of halogens is 4. The lowest BCUT2D eigenvalue weighted by atomic mass is 10.1. The molecule has 1 atom stereocenters. The smallest absolute Gasteiger partial charge is 0.416 e. The molecule has 136 valence electrons. The molecule has 3 rings (SSSR count). The van der Waals surface area contributed by atoms with Crippen LogP contribution in [0.2, 0.25) is 5.02 Å². The third kappa shape index (κ3) is 3.60. The molecule has 3 N–H and O–H groups in total. The standard InChI is InChI=1S/C17H12ClF3N2O3/c18-11-5-8(1-4-14(11)24)6-13-16(26)22-12-7-9(17(19,20)21)2-3-10(12)15(25)23-13/h1-5,7,13,24H,6H2,(H,22,26)(H,23,25)/t13-/m0/s1. The average molecular weight is 385 g/mol. The topological polar surface area (TPSA) is 78.4 Å². The van der Waals surface area contributed by atoms with E-state index in [1.807, 2.05) is 0 Å². The molecule has 26 heavy (non-hydrogen) atoms. The van der Waals surface area contributed by atoms with Crippen LogP contribution in [-0.4, -0.2) is 23.0 Å². The molecule has 9 heteroatoms. The maximum absolute atomic E-state index is 12.8. The number of hydrogen-bond acceptors (Lipinski definition) is 3. The predicted molar refractivity (Wildman–Crippen MR) is 88.1 cm³/mol. The second kappa shape index (κ2) is 6.53. The number of alkyl halides is 3. The van der Waals surface area contributed by atoms with Gasteiger partial charge < -0.3 is 15.7 Å². The Morgan fingerprint density at radius 1 is 1.12 bits per heavy atom. The molecule has 2 aromatic rings. The number of amides is 2. The molecule has 0 fully saturated rings. The molecule has 0 unspecified atom stereocenters. The molecule has 0 radical (unpaired) electrons. The van der Waals surface area contributed by atoms with Crippen LogP contribution in [0.25, 0.3) is 0 Å². The summed E-state index contributed by atoms with van der Waals surface area (Å²) in [5.74, 6) is -1.44. The Morgan fingerprint density at radius 2 is 1.85 bits per heavy atom. The van der Waals surface area contributed by atoms with Gasteiger partial charge in [0.15, 0.2) is 0 Å². The Balaban J connectivity index is 1.88. The summed E-state index contributed by atoms with van der Waals surface area (Å²) < 4.78 is 38.5. The van der Waals surface area contributed by atoms with Crippen molar-refractivity contribution in [2.75, 3.05) is 5.32 Å². The summed E-state index contributed by atoms with van der Waals surface area (Å²) in [6.45, 7) is 0. The maximum Gasteiger partial charge on any atom is 0.416 e. The van der Waals surface area contributed by atoms with E-state index in [1.54, 1.807) is 0 Å². The highest BCUT2D eigenvalue weighted by Crippen LogP contribution is 2.33. The van der Waals surface area contributed by atoms with Crippen LogP contribution in [0.4, 0.5) is 18.9 Å². The molecule has 5 nitrogen and oxygen atoms in total. The summed E-state index contributed by atoms with van der Waals surface area (Å²) in [7, 11) is 0. The lowest BCUT2D eigenvalue weighted by Gasteiger charge is -2.15. The van der Waals surface area contributed by atoms with Crippen molar-refractivity contribution in [2.45, 2.75) is 18.6 Å². The molecule has 1 heterocycles. The summed E-state index contributed by atoms with van der Waals surface area (Å²) in [5.41, 5.74) is -0.658. The first-order valence-corrected chi connectivity index (χ1v) is 7.83. The van der Waals surface area contributed by atoms with Crippen molar-refractivity contribution in [3.05, 3.63) is 58.1 Å². The fraction of sp³-hybridized carbons (Fsp3) is 0.176. The normalized spacial score (nSPS) is 17.2. The highest BCUT2D eigenvalue weighted by Gasteiger charge is 2.34. The number of aromatic hydroxyl groups is 1. The van der Waals surface area contributed by atoms with Gasteiger partial charge in [0, 0.05) is 6.42 Å². The summed E-state index contributed by atoms with van der Waals surface area (Å²) in [6, 6.07) is 5.84. The van der Waals surface area contributed by atoms with Gasteiger partial charge in [-0.15, -0.1) is 0 Å². The molecule has 0 spiro atoms. The molecule has 0 aromatic heterocycles. The van der Waals surface area contributed by atoms with Crippen molar-refractivity contribution in [1.82, 2.24) is 5.32 Å². The molecule has 0 aliphatic carbocycles. The first-order chi connectivity index (χ1) is 12.1. The van der Waals surface area contributed by atoms with Crippen LogP contribution in [0.15, 0.2) is 36.4 Å². The van der Waals surface area contributed by atoms with Crippen LogP contribution in [-0.2, 0) is 17.4 Å². The fourth-order valence-corrected chi connectivity index (χ4v) is 2.80. The van der Waals surface area contributed by atoms with Gasteiger partial charge in [-0.2, -0.15) is 13.2 Å². The van der Waals surface area contributed by atoms with E-state index in [1.165, 1.54) is 18.2 Å². The lowest BCUT2D eigenvalue weighted by Crippen LogP contribution is -2.42. The minimum atomic E-state index is -4.59. The number of phenols is 1. The Kier molecular flexibility index (Phi) is 4.53. The molecule has 2 amide bonds. The lowest BCUT2D eigenvalue weighted by molar-refractivity contribution is -0.137. The number of hydrogen-bond donors (Lipinski definition) is 3. The second-order valence-electron chi connectivity index (χ2n) is 5.76. The van der Waals surface area contributed by atoms with Crippen LogP contribution in [0, 0.1) is 0 Å². The summed E-state index contributed by atoms with van der Waals surface area (Å²) in [6.07, 6.45) is -4.54. The Hall–Kier alpha value is -2.74. The van der Waals surface area contributed by atoms with Gasteiger partial charge in [-0.05, 0) is 35.9 Å². The first kappa shape index (κ1) is 18.1. The van der Waals surface area contributed by atoms with Crippen LogP contribution >= 0.6 is 11.6 Å². The zero-order valence-electron chi connectivity index (χ0n) is 13.0. The molecule has 1 aliphatic heterocycles. The molecular formula is C17H12ClF3N2O3. The summed E-state index contributed by atoms with van der Waals surface area (Å²) >= 11 is 5.82. The number of fused-ring (bicyclic) bond motifs is 1. The Morgan fingerprint density at radius 3 is 2.50 bits per heavy atom. The SMILES string of the molecule is O=C1N[C@@H](Cc2ccc(O)c(Cl)c2)C(=O)Nc2cc(C(F)(F)F)ccc21. The molecule has 2 aromatic carbocycles. The fourth-order valence-electron chi connectivity index (χ4n) is 2.60. The number of rotatable bonds is 2. The van der Waals surface area contributed by atoms with Gasteiger partial charge in [-0.25, -0.2) is 0 Å². The first-order valence-electron chi connectivity index (χ1n) is 7.45. The van der Waals surface area contributed by atoms with E-state index in [2.05, 4.69) is 10.6 Å². The summed E-state index contributed by atoms with van der Waals surface area (Å²) in [5, 5.41) is 14.4. The highest BCUT2D eigenvalue weighted by atomic mass is 35.5. The van der Waals surface area contributed by atoms with Gasteiger partial charge >= 0.3 is 6.18 Å². The minimum Gasteiger partial charge on any atom is -0.506 e. The number of nitrogens with one attached hydrogen (secondary N) is 2. The van der Waals surface area contributed by atoms with Crippen LogP contribution in [0.3, 0.4) is 0 Å². The summed E-state index contributed by atoms with van der Waals surface area (Å²) in [4.78, 5) is 24.6. The van der Waals surface area contributed by atoms with E-state index < -0.39 is 29.6 Å². The van der Waals surface area contributed by atoms with E-state index in [0.29, 0.717) is 5.56 Å². The van der Waals surface area contributed by atoms with Crippen molar-refractivity contribution in [2.24, 2.45) is 0 Å². The molecule has 0 saturated heterocycles.